The Hall–Kier alpha value is -2.42. The van der Waals surface area contributed by atoms with Gasteiger partial charge in [-0.15, -0.1) is 0 Å². The number of phenols is 2. The molecule has 2 N–H and O–H groups in total. The van der Waals surface area contributed by atoms with Crippen molar-refractivity contribution in [2.45, 2.75) is 33.2 Å². The van der Waals surface area contributed by atoms with Crippen molar-refractivity contribution in [3.8, 4) is 11.5 Å². The van der Waals surface area contributed by atoms with Crippen LogP contribution in [0.4, 0.5) is 5.69 Å². The fourth-order valence-electron chi connectivity index (χ4n) is 3.25. The first kappa shape index (κ1) is 15.5. The highest BCUT2D eigenvalue weighted by atomic mass is 16.3. The molecule has 2 aromatic carbocycles. The van der Waals surface area contributed by atoms with Crippen LogP contribution in [0.1, 0.15) is 37.4 Å². The van der Waals surface area contributed by atoms with Gasteiger partial charge in [-0.2, -0.15) is 0 Å². The molecular formula is C20H23NO2. The average Bonchev–Trinajstić information content (AvgIpc) is 2.51. The molecule has 0 unspecified atom stereocenters. The van der Waals surface area contributed by atoms with E-state index in [-0.39, 0.29) is 11.8 Å². The summed E-state index contributed by atoms with van der Waals surface area (Å²) in [6, 6.07) is 13.3. The molecule has 2 aromatic rings. The molecule has 120 valence electrons. The summed E-state index contributed by atoms with van der Waals surface area (Å²) < 4.78 is 0. The van der Waals surface area contributed by atoms with E-state index in [2.05, 4.69) is 18.7 Å². The lowest BCUT2D eigenvalue weighted by molar-refractivity contribution is 0.449. The van der Waals surface area contributed by atoms with E-state index in [1.807, 2.05) is 37.3 Å². The fraction of sp³-hybridized carbons (Fsp3) is 0.300. The highest BCUT2D eigenvalue weighted by molar-refractivity contribution is 5.62. The largest absolute Gasteiger partial charge is 0.508 e. The third-order valence-electron chi connectivity index (χ3n) is 4.75. The number of hydrogen-bond donors (Lipinski definition) is 2. The van der Waals surface area contributed by atoms with E-state index < -0.39 is 0 Å². The minimum Gasteiger partial charge on any atom is -0.508 e. The third-order valence-corrected chi connectivity index (χ3v) is 4.75. The lowest BCUT2D eigenvalue weighted by Gasteiger charge is -2.39. The Labute approximate surface area is 137 Å². The Balaban J connectivity index is 2.09. The normalized spacial score (nSPS) is 18.4. The van der Waals surface area contributed by atoms with Gasteiger partial charge >= 0.3 is 0 Å². The van der Waals surface area contributed by atoms with Crippen molar-refractivity contribution in [1.29, 1.82) is 0 Å². The summed E-state index contributed by atoms with van der Waals surface area (Å²) in [4.78, 5) is 2.19. The number of rotatable bonds is 2. The monoisotopic (exact) mass is 309 g/mol. The van der Waals surface area contributed by atoms with Crippen molar-refractivity contribution in [2.24, 2.45) is 0 Å². The van der Waals surface area contributed by atoms with Gasteiger partial charge in [0.2, 0.25) is 0 Å². The molecule has 3 rings (SSSR count). The molecule has 0 saturated carbocycles. The second kappa shape index (κ2) is 5.99. The summed E-state index contributed by atoms with van der Waals surface area (Å²) in [7, 11) is 0. The van der Waals surface area contributed by atoms with Crippen LogP contribution in [0.2, 0.25) is 0 Å². The van der Waals surface area contributed by atoms with Gasteiger partial charge < -0.3 is 15.1 Å². The zero-order valence-electron chi connectivity index (χ0n) is 13.9. The summed E-state index contributed by atoms with van der Waals surface area (Å²) >= 11 is 0. The molecule has 1 aliphatic heterocycles. The molecule has 1 atom stereocenters. The molecule has 0 fully saturated rings. The summed E-state index contributed by atoms with van der Waals surface area (Å²) in [5.74, 6) is 0.597. The second-order valence-corrected chi connectivity index (χ2v) is 6.46. The van der Waals surface area contributed by atoms with Crippen molar-refractivity contribution in [3.05, 3.63) is 64.7 Å². The quantitative estimate of drug-likeness (QED) is 0.791. The molecule has 0 aromatic heterocycles. The fourth-order valence-corrected chi connectivity index (χ4v) is 3.25. The smallest absolute Gasteiger partial charge is 0.139 e. The number of nitrogens with zero attached hydrogens (tertiary/aromatic N) is 1. The van der Waals surface area contributed by atoms with Crippen molar-refractivity contribution < 1.29 is 10.2 Å². The van der Waals surface area contributed by atoms with E-state index in [0.29, 0.717) is 5.75 Å². The van der Waals surface area contributed by atoms with E-state index >= 15 is 0 Å². The Bertz CT molecular complexity index is 764. The number of benzene rings is 2. The number of anilines is 1. The maximum Gasteiger partial charge on any atom is 0.139 e. The molecule has 0 radical (unpaired) electrons. The molecule has 0 amide bonds. The Morgan fingerprint density at radius 1 is 0.913 bits per heavy atom. The van der Waals surface area contributed by atoms with E-state index in [1.54, 1.807) is 12.1 Å². The van der Waals surface area contributed by atoms with Gasteiger partial charge in [0.1, 0.15) is 11.5 Å². The standard InChI is InChI=1S/C20H23NO2/c1-13-8-9-17(20(23)10-13)21-12-15(3)14(2)11-18(21)16-6-4-5-7-19(16)22/h4-10,18,22-23H,11-12H2,1-3H3/t18-/m1/s1. The van der Waals surface area contributed by atoms with Crippen molar-refractivity contribution in [2.75, 3.05) is 11.4 Å². The first-order valence-corrected chi connectivity index (χ1v) is 7.96. The van der Waals surface area contributed by atoms with Crippen LogP contribution < -0.4 is 4.90 Å². The zero-order chi connectivity index (χ0) is 16.6. The van der Waals surface area contributed by atoms with Crippen LogP contribution in [-0.4, -0.2) is 16.8 Å². The molecule has 0 aliphatic carbocycles. The Morgan fingerprint density at radius 2 is 1.65 bits per heavy atom. The maximum atomic E-state index is 10.4. The van der Waals surface area contributed by atoms with Gasteiger partial charge in [-0.3, -0.25) is 0 Å². The Kier molecular flexibility index (Phi) is 4.03. The van der Waals surface area contributed by atoms with E-state index in [0.717, 1.165) is 29.8 Å². The van der Waals surface area contributed by atoms with Gasteiger partial charge in [-0.1, -0.05) is 35.4 Å². The van der Waals surface area contributed by atoms with Crippen LogP contribution in [0.25, 0.3) is 0 Å². The SMILES string of the molecule is CC1=C(C)CN(c2ccc(C)cc2O)[C@@H](c2ccccc2O)C1. The molecular weight excluding hydrogens is 286 g/mol. The van der Waals surface area contributed by atoms with Crippen LogP contribution in [0.3, 0.4) is 0 Å². The van der Waals surface area contributed by atoms with E-state index in [1.165, 1.54) is 11.1 Å². The first-order valence-electron chi connectivity index (χ1n) is 7.96. The molecule has 1 heterocycles. The van der Waals surface area contributed by atoms with Crippen LogP contribution in [0.5, 0.6) is 11.5 Å². The molecule has 0 bridgehead atoms. The molecule has 1 aliphatic rings. The van der Waals surface area contributed by atoms with E-state index in [4.69, 9.17) is 0 Å². The predicted octanol–water partition coefficient (Wildman–Crippen LogP) is 4.69. The lowest BCUT2D eigenvalue weighted by Crippen LogP contribution is -2.34. The average molecular weight is 309 g/mol. The topological polar surface area (TPSA) is 43.7 Å². The number of aryl methyl sites for hydroxylation is 1. The minimum absolute atomic E-state index is 0.0218. The molecule has 3 nitrogen and oxygen atoms in total. The van der Waals surface area contributed by atoms with Gasteiger partial charge in [-0.25, -0.2) is 0 Å². The number of phenolic OH excluding ortho intramolecular Hbond substituents is 2. The summed E-state index contributed by atoms with van der Waals surface area (Å²) in [5, 5.41) is 20.7. The Morgan fingerprint density at radius 3 is 2.35 bits per heavy atom. The minimum atomic E-state index is 0.0218. The zero-order valence-corrected chi connectivity index (χ0v) is 13.9. The van der Waals surface area contributed by atoms with Crippen molar-refractivity contribution in [3.63, 3.8) is 0 Å². The van der Waals surface area contributed by atoms with Gasteiger partial charge in [0, 0.05) is 12.1 Å². The molecule has 0 spiro atoms. The lowest BCUT2D eigenvalue weighted by atomic mass is 9.90. The van der Waals surface area contributed by atoms with Crippen LogP contribution in [0, 0.1) is 6.92 Å². The van der Waals surface area contributed by atoms with Crippen LogP contribution in [0.15, 0.2) is 53.6 Å². The molecule has 3 heteroatoms. The van der Waals surface area contributed by atoms with Gasteiger partial charge in [0.25, 0.3) is 0 Å². The van der Waals surface area contributed by atoms with E-state index in [9.17, 15) is 10.2 Å². The van der Waals surface area contributed by atoms with Gasteiger partial charge in [-0.05, 0) is 51.0 Å². The highest BCUT2D eigenvalue weighted by Gasteiger charge is 2.29. The first-order chi connectivity index (χ1) is 11.0. The van der Waals surface area contributed by atoms with Gasteiger partial charge in [0.15, 0.2) is 0 Å². The summed E-state index contributed by atoms with van der Waals surface area (Å²) in [6.45, 7) is 7.00. The molecule has 23 heavy (non-hydrogen) atoms. The summed E-state index contributed by atoms with van der Waals surface area (Å²) in [5.41, 5.74) is 5.42. The number of para-hydroxylation sites is 1. The maximum absolute atomic E-state index is 10.4. The number of aromatic hydroxyl groups is 2. The predicted molar refractivity (Wildman–Crippen MR) is 94.0 cm³/mol. The van der Waals surface area contributed by atoms with Crippen LogP contribution in [-0.2, 0) is 0 Å². The van der Waals surface area contributed by atoms with Crippen molar-refractivity contribution in [1.82, 2.24) is 0 Å². The van der Waals surface area contributed by atoms with Crippen molar-refractivity contribution >= 4 is 5.69 Å². The second-order valence-electron chi connectivity index (χ2n) is 6.46. The molecule has 0 saturated heterocycles. The summed E-state index contributed by atoms with van der Waals surface area (Å²) in [6.07, 6.45) is 0.844. The van der Waals surface area contributed by atoms with Gasteiger partial charge in [0.05, 0.1) is 11.7 Å². The van der Waals surface area contributed by atoms with Crippen LogP contribution >= 0.6 is 0 Å². The highest BCUT2D eigenvalue weighted by Crippen LogP contribution is 2.43. The number of hydrogen-bond acceptors (Lipinski definition) is 3. The third kappa shape index (κ3) is 2.91.